The Kier molecular flexibility index (Phi) is 1.37. The van der Waals surface area contributed by atoms with Gasteiger partial charge in [-0.2, -0.15) is 0 Å². The van der Waals surface area contributed by atoms with Crippen LogP contribution in [0.4, 0.5) is 0 Å². The van der Waals surface area contributed by atoms with Crippen molar-refractivity contribution in [3.8, 4) is 0 Å². The quantitative estimate of drug-likeness (QED) is 0.544. The second-order valence-corrected chi connectivity index (χ2v) is 4.00. The van der Waals surface area contributed by atoms with Gasteiger partial charge >= 0.3 is 0 Å². The van der Waals surface area contributed by atoms with E-state index in [1.165, 1.54) is 5.57 Å². The van der Waals surface area contributed by atoms with E-state index in [9.17, 15) is 4.79 Å². The van der Waals surface area contributed by atoms with E-state index in [0.29, 0.717) is 11.8 Å². The summed E-state index contributed by atoms with van der Waals surface area (Å²) in [6, 6.07) is 0. The van der Waals surface area contributed by atoms with Crippen LogP contribution < -0.4 is 11.5 Å². The number of allylic oxidation sites excluding steroid dienone is 2. The molecular weight excluding hydrogens is 152 g/mol. The maximum Gasteiger partial charge on any atom is 0.238 e. The minimum Gasteiger partial charge on any atom is -0.368 e. The number of rotatable bonds is 1. The number of carbonyl (C=O) groups is 1. The fraction of sp³-hybridized carbons (Fsp3) is 0.667. The Bertz CT molecular complexity index is 272. The molecule has 2 rings (SSSR count). The molecule has 0 saturated heterocycles. The lowest BCUT2D eigenvalue weighted by Crippen LogP contribution is -2.42. The molecule has 3 atom stereocenters. The van der Waals surface area contributed by atoms with Gasteiger partial charge in [-0.15, -0.1) is 0 Å². The number of amides is 1. The van der Waals surface area contributed by atoms with Crippen molar-refractivity contribution in [3.05, 3.63) is 11.6 Å². The minimum atomic E-state index is -0.686. The second kappa shape index (κ2) is 2.10. The summed E-state index contributed by atoms with van der Waals surface area (Å²) in [4.78, 5) is 11.0. The highest BCUT2D eigenvalue weighted by Gasteiger charge is 2.65. The summed E-state index contributed by atoms with van der Waals surface area (Å²) in [5, 5.41) is 0. The van der Waals surface area contributed by atoms with E-state index in [0.717, 1.165) is 12.8 Å². The molecule has 0 heterocycles. The SMILES string of the molecule is CC1=CCC2C(C1)C2(N)C(N)=O. The molecule has 0 spiro atoms. The maximum atomic E-state index is 11.0. The second-order valence-electron chi connectivity index (χ2n) is 4.00. The van der Waals surface area contributed by atoms with E-state index in [-0.39, 0.29) is 5.91 Å². The largest absolute Gasteiger partial charge is 0.368 e. The van der Waals surface area contributed by atoms with Crippen LogP contribution in [-0.2, 0) is 4.79 Å². The molecule has 4 N–H and O–H groups in total. The van der Waals surface area contributed by atoms with Crippen molar-refractivity contribution in [3.63, 3.8) is 0 Å². The van der Waals surface area contributed by atoms with Gasteiger partial charge in [0.1, 0.15) is 5.54 Å². The standard InChI is InChI=1S/C9H14N2O/c1-5-2-3-6-7(4-5)9(6,11)8(10)12/h2,6-7H,3-4,11H2,1H3,(H2,10,12). The summed E-state index contributed by atoms with van der Waals surface area (Å²) in [5.74, 6) is 0.305. The summed E-state index contributed by atoms with van der Waals surface area (Å²) >= 11 is 0. The van der Waals surface area contributed by atoms with Crippen LogP contribution in [0.5, 0.6) is 0 Å². The van der Waals surface area contributed by atoms with E-state index < -0.39 is 5.54 Å². The number of hydrogen-bond donors (Lipinski definition) is 2. The van der Waals surface area contributed by atoms with Crippen molar-refractivity contribution < 1.29 is 4.79 Å². The van der Waals surface area contributed by atoms with Crippen molar-refractivity contribution >= 4 is 5.91 Å². The zero-order valence-electron chi connectivity index (χ0n) is 7.21. The van der Waals surface area contributed by atoms with Gasteiger partial charge in [-0.1, -0.05) is 11.6 Å². The molecule has 0 aromatic carbocycles. The van der Waals surface area contributed by atoms with Crippen LogP contribution in [0.15, 0.2) is 11.6 Å². The third-order valence-corrected chi connectivity index (χ3v) is 3.29. The van der Waals surface area contributed by atoms with E-state index in [2.05, 4.69) is 13.0 Å². The van der Waals surface area contributed by atoms with Gasteiger partial charge in [0, 0.05) is 0 Å². The number of primary amides is 1. The fourth-order valence-corrected chi connectivity index (χ4v) is 2.36. The van der Waals surface area contributed by atoms with Crippen LogP contribution in [-0.4, -0.2) is 11.4 Å². The highest BCUT2D eigenvalue weighted by molar-refractivity contribution is 5.89. The van der Waals surface area contributed by atoms with Crippen LogP contribution in [0.25, 0.3) is 0 Å². The van der Waals surface area contributed by atoms with E-state index in [4.69, 9.17) is 11.5 Å². The lowest BCUT2D eigenvalue weighted by atomic mass is 10.0. The zero-order valence-corrected chi connectivity index (χ0v) is 7.21. The number of carbonyl (C=O) groups excluding carboxylic acids is 1. The molecule has 2 aliphatic carbocycles. The molecule has 12 heavy (non-hydrogen) atoms. The summed E-state index contributed by atoms with van der Waals surface area (Å²) in [6.45, 7) is 2.08. The van der Waals surface area contributed by atoms with Crippen LogP contribution >= 0.6 is 0 Å². The lowest BCUT2D eigenvalue weighted by molar-refractivity contribution is -0.120. The third-order valence-electron chi connectivity index (χ3n) is 3.29. The molecule has 3 nitrogen and oxygen atoms in total. The van der Waals surface area contributed by atoms with Gasteiger partial charge in [0.2, 0.25) is 5.91 Å². The van der Waals surface area contributed by atoms with Crippen LogP contribution in [0.2, 0.25) is 0 Å². The third kappa shape index (κ3) is 0.771. The van der Waals surface area contributed by atoms with Crippen LogP contribution in [0.3, 0.4) is 0 Å². The Balaban J connectivity index is 2.17. The summed E-state index contributed by atoms with van der Waals surface area (Å²) < 4.78 is 0. The molecule has 0 bridgehead atoms. The molecule has 3 unspecified atom stereocenters. The van der Waals surface area contributed by atoms with Gasteiger partial charge in [-0.25, -0.2) is 0 Å². The first-order valence-corrected chi connectivity index (χ1v) is 4.31. The predicted octanol–water partition coefficient (Wildman–Crippen LogP) is 0.155. The molecule has 0 radical (unpaired) electrons. The topological polar surface area (TPSA) is 69.1 Å². The van der Waals surface area contributed by atoms with Gasteiger partial charge < -0.3 is 11.5 Å². The fourth-order valence-electron chi connectivity index (χ4n) is 2.36. The molecule has 3 heteroatoms. The Hall–Kier alpha value is -0.830. The maximum absolute atomic E-state index is 11.0. The smallest absolute Gasteiger partial charge is 0.238 e. The Morgan fingerprint density at radius 1 is 1.67 bits per heavy atom. The monoisotopic (exact) mass is 166 g/mol. The van der Waals surface area contributed by atoms with Crippen molar-refractivity contribution in [1.82, 2.24) is 0 Å². The minimum absolute atomic E-state index is 0.318. The van der Waals surface area contributed by atoms with Gasteiger partial charge in [0.05, 0.1) is 0 Å². The van der Waals surface area contributed by atoms with E-state index >= 15 is 0 Å². The summed E-state index contributed by atoms with van der Waals surface area (Å²) in [6.07, 6.45) is 4.04. The van der Waals surface area contributed by atoms with Crippen molar-refractivity contribution in [2.45, 2.75) is 25.3 Å². The number of hydrogen-bond acceptors (Lipinski definition) is 2. The van der Waals surface area contributed by atoms with E-state index in [1.54, 1.807) is 0 Å². The van der Waals surface area contributed by atoms with Crippen LogP contribution in [0.1, 0.15) is 19.8 Å². The average molecular weight is 166 g/mol. The Labute approximate surface area is 71.8 Å². The Morgan fingerprint density at radius 3 is 2.83 bits per heavy atom. The molecule has 1 fully saturated rings. The molecule has 0 aromatic heterocycles. The average Bonchev–Trinajstić information content (AvgIpc) is 2.58. The zero-order chi connectivity index (χ0) is 8.93. The first kappa shape index (κ1) is 7.80. The first-order valence-electron chi connectivity index (χ1n) is 4.31. The molecule has 1 amide bonds. The highest BCUT2D eigenvalue weighted by Crippen LogP contribution is 2.56. The van der Waals surface area contributed by atoms with Crippen molar-refractivity contribution in [2.75, 3.05) is 0 Å². The molecule has 1 saturated carbocycles. The molecule has 2 aliphatic rings. The van der Waals surface area contributed by atoms with Crippen molar-refractivity contribution in [2.24, 2.45) is 23.3 Å². The summed E-state index contributed by atoms with van der Waals surface area (Å²) in [5.41, 5.74) is 11.8. The molecule has 66 valence electrons. The summed E-state index contributed by atoms with van der Waals surface area (Å²) in [7, 11) is 0. The van der Waals surface area contributed by atoms with Gasteiger partial charge in [-0.3, -0.25) is 4.79 Å². The molecular formula is C9H14N2O. The number of fused-ring (bicyclic) bond motifs is 1. The molecule has 0 aromatic rings. The number of nitrogens with two attached hydrogens (primary N) is 2. The molecule has 0 aliphatic heterocycles. The van der Waals surface area contributed by atoms with Gasteiger partial charge in [-0.05, 0) is 31.6 Å². The van der Waals surface area contributed by atoms with Gasteiger partial charge in [0.25, 0.3) is 0 Å². The Morgan fingerprint density at radius 2 is 2.33 bits per heavy atom. The first-order chi connectivity index (χ1) is 5.56. The van der Waals surface area contributed by atoms with E-state index in [1.807, 2.05) is 0 Å². The van der Waals surface area contributed by atoms with Crippen molar-refractivity contribution in [1.29, 1.82) is 0 Å². The van der Waals surface area contributed by atoms with Gasteiger partial charge in [0.15, 0.2) is 0 Å². The lowest BCUT2D eigenvalue weighted by Gasteiger charge is -2.05. The highest BCUT2D eigenvalue weighted by atomic mass is 16.1. The predicted molar refractivity (Wildman–Crippen MR) is 46.1 cm³/mol. The van der Waals surface area contributed by atoms with Crippen LogP contribution in [0, 0.1) is 11.8 Å². The normalized spacial score (nSPS) is 44.7.